The summed E-state index contributed by atoms with van der Waals surface area (Å²) in [7, 11) is 2.15. The van der Waals surface area contributed by atoms with Crippen LogP contribution in [0.5, 0.6) is 0 Å². The fourth-order valence-electron chi connectivity index (χ4n) is 2.42. The normalized spacial score (nSPS) is 14.1. The molecule has 1 amide bonds. The second-order valence-corrected chi connectivity index (χ2v) is 6.47. The van der Waals surface area contributed by atoms with Crippen LogP contribution in [0, 0.1) is 5.41 Å². The minimum atomic E-state index is -0.153. The van der Waals surface area contributed by atoms with E-state index in [2.05, 4.69) is 43.2 Å². The number of carbonyl (C=O) groups excluding carboxylic acids is 1. The van der Waals surface area contributed by atoms with Crippen LogP contribution in [0.3, 0.4) is 0 Å². The maximum atomic E-state index is 12.1. The topological polar surface area (TPSA) is 58.4 Å². The predicted octanol–water partition coefficient (Wildman–Crippen LogP) is 3.12. The van der Waals surface area contributed by atoms with Gasteiger partial charge in [-0.2, -0.15) is 0 Å². The number of amides is 1. The number of nitrogens with one attached hydrogen (secondary N) is 1. The highest BCUT2D eigenvalue weighted by molar-refractivity contribution is 5.92. The second-order valence-electron chi connectivity index (χ2n) is 6.47. The van der Waals surface area contributed by atoms with E-state index >= 15 is 0 Å². The van der Waals surface area contributed by atoms with Crippen LogP contribution >= 0.6 is 0 Å². The third kappa shape index (κ3) is 5.79. The number of carbonyl (C=O) groups is 1. The number of aryl methyl sites for hydroxylation is 1. The molecule has 1 aromatic heterocycles. The Morgan fingerprint density at radius 2 is 2.14 bits per heavy atom. The second kappa shape index (κ2) is 8.93. The Balaban J connectivity index is 2.52. The molecule has 5 nitrogen and oxygen atoms in total. The van der Waals surface area contributed by atoms with Gasteiger partial charge in [-0.05, 0) is 31.8 Å². The summed E-state index contributed by atoms with van der Waals surface area (Å²) in [6.45, 7) is 11.3. The molecule has 1 unspecified atom stereocenters. The van der Waals surface area contributed by atoms with Crippen LogP contribution in [0.4, 0.5) is 0 Å². The van der Waals surface area contributed by atoms with E-state index in [9.17, 15) is 4.79 Å². The van der Waals surface area contributed by atoms with Crippen molar-refractivity contribution >= 4 is 5.91 Å². The lowest BCUT2D eigenvalue weighted by Crippen LogP contribution is -2.42. The van der Waals surface area contributed by atoms with Gasteiger partial charge in [-0.3, -0.25) is 4.79 Å². The van der Waals surface area contributed by atoms with E-state index in [-0.39, 0.29) is 11.3 Å². The summed E-state index contributed by atoms with van der Waals surface area (Å²) in [5.74, 6) is 0.585. The van der Waals surface area contributed by atoms with Gasteiger partial charge in [-0.15, -0.1) is 0 Å². The number of hydrogen-bond acceptors (Lipinski definition) is 4. The predicted molar refractivity (Wildman–Crippen MR) is 89.0 cm³/mol. The molecule has 1 aromatic rings. The fourth-order valence-corrected chi connectivity index (χ4v) is 2.42. The first-order valence-corrected chi connectivity index (χ1v) is 8.36. The molecule has 126 valence electrons. The number of nitrogens with zero attached hydrogens (tertiary/aromatic N) is 2. The third-order valence-electron chi connectivity index (χ3n) is 4.21. The van der Waals surface area contributed by atoms with Gasteiger partial charge in [0.2, 0.25) is 0 Å². The average molecular weight is 309 g/mol. The molecular formula is C17H31N3O2. The first-order chi connectivity index (χ1) is 10.4. The van der Waals surface area contributed by atoms with Gasteiger partial charge < -0.3 is 14.7 Å². The summed E-state index contributed by atoms with van der Waals surface area (Å²) in [6, 6.07) is 1.71. The lowest BCUT2D eigenvalue weighted by Gasteiger charge is -2.33. The van der Waals surface area contributed by atoms with E-state index < -0.39 is 0 Å². The zero-order chi connectivity index (χ0) is 16.6. The Kier molecular flexibility index (Phi) is 7.59. The standard InChI is InChI=1S/C17H31N3O2/c1-6-9-10-20(5)13-17(4,8-3)12-18-16(21)15-11-14(7-2)22-19-15/h11H,6-10,12-13H2,1-5H3,(H,18,21). The summed E-state index contributed by atoms with van der Waals surface area (Å²) >= 11 is 0. The summed E-state index contributed by atoms with van der Waals surface area (Å²) in [4.78, 5) is 14.5. The Bertz CT molecular complexity index is 459. The first-order valence-electron chi connectivity index (χ1n) is 8.36. The SMILES string of the molecule is CCCCN(C)CC(C)(CC)CNC(=O)c1cc(CC)on1. The van der Waals surface area contributed by atoms with Gasteiger partial charge in [-0.25, -0.2) is 0 Å². The zero-order valence-electron chi connectivity index (χ0n) is 14.7. The molecular weight excluding hydrogens is 278 g/mol. The molecule has 0 saturated heterocycles. The summed E-state index contributed by atoms with van der Waals surface area (Å²) < 4.78 is 5.08. The van der Waals surface area contributed by atoms with E-state index in [1.54, 1.807) is 6.07 Å². The van der Waals surface area contributed by atoms with Crippen LogP contribution in [0.15, 0.2) is 10.6 Å². The van der Waals surface area contributed by atoms with E-state index in [1.165, 1.54) is 12.8 Å². The molecule has 1 N–H and O–H groups in total. The highest BCUT2D eigenvalue weighted by atomic mass is 16.5. The molecule has 0 saturated carbocycles. The van der Waals surface area contributed by atoms with Crippen molar-refractivity contribution in [3.8, 4) is 0 Å². The van der Waals surface area contributed by atoms with Gasteiger partial charge in [0, 0.05) is 25.6 Å². The number of unbranched alkanes of at least 4 members (excludes halogenated alkanes) is 1. The molecule has 1 heterocycles. The van der Waals surface area contributed by atoms with E-state index in [4.69, 9.17) is 4.52 Å². The largest absolute Gasteiger partial charge is 0.361 e. The van der Waals surface area contributed by atoms with Crippen molar-refractivity contribution in [2.75, 3.05) is 26.7 Å². The van der Waals surface area contributed by atoms with Gasteiger partial charge in [0.25, 0.3) is 5.91 Å². The fraction of sp³-hybridized carbons (Fsp3) is 0.765. The third-order valence-corrected chi connectivity index (χ3v) is 4.21. The molecule has 0 radical (unpaired) electrons. The quantitative estimate of drug-likeness (QED) is 0.721. The molecule has 0 aliphatic rings. The zero-order valence-corrected chi connectivity index (χ0v) is 14.7. The lowest BCUT2D eigenvalue weighted by molar-refractivity contribution is 0.0907. The molecule has 5 heteroatoms. The van der Waals surface area contributed by atoms with Gasteiger partial charge in [0.15, 0.2) is 5.69 Å². The van der Waals surface area contributed by atoms with Gasteiger partial charge >= 0.3 is 0 Å². The first kappa shape index (κ1) is 18.7. The van der Waals surface area contributed by atoms with Crippen LogP contribution in [0.2, 0.25) is 0 Å². The number of aromatic nitrogens is 1. The van der Waals surface area contributed by atoms with E-state index in [1.807, 2.05) is 6.92 Å². The molecule has 1 rings (SSSR count). The molecule has 1 atom stereocenters. The molecule has 0 bridgehead atoms. The Morgan fingerprint density at radius 3 is 2.68 bits per heavy atom. The van der Waals surface area contributed by atoms with E-state index in [0.717, 1.165) is 31.7 Å². The van der Waals surface area contributed by atoms with Crippen LogP contribution in [0.25, 0.3) is 0 Å². The van der Waals surface area contributed by atoms with Crippen molar-refractivity contribution in [1.29, 1.82) is 0 Å². The molecule has 22 heavy (non-hydrogen) atoms. The maximum Gasteiger partial charge on any atom is 0.273 e. The van der Waals surface area contributed by atoms with Crippen molar-refractivity contribution in [3.05, 3.63) is 17.5 Å². The monoisotopic (exact) mass is 309 g/mol. The van der Waals surface area contributed by atoms with Crippen LogP contribution in [-0.4, -0.2) is 42.6 Å². The van der Waals surface area contributed by atoms with Crippen molar-refractivity contribution in [1.82, 2.24) is 15.4 Å². The minimum absolute atomic E-state index is 0.0650. The van der Waals surface area contributed by atoms with Crippen molar-refractivity contribution in [2.45, 2.75) is 53.4 Å². The smallest absolute Gasteiger partial charge is 0.273 e. The van der Waals surface area contributed by atoms with Crippen molar-refractivity contribution < 1.29 is 9.32 Å². The Hall–Kier alpha value is -1.36. The van der Waals surface area contributed by atoms with Crippen molar-refractivity contribution in [2.24, 2.45) is 5.41 Å². The maximum absolute atomic E-state index is 12.1. The molecule has 0 aliphatic heterocycles. The van der Waals surface area contributed by atoms with Crippen molar-refractivity contribution in [3.63, 3.8) is 0 Å². The summed E-state index contributed by atoms with van der Waals surface area (Å²) in [5, 5.41) is 6.82. The Labute approximate surface area is 134 Å². The summed E-state index contributed by atoms with van der Waals surface area (Å²) in [5.41, 5.74) is 0.435. The Morgan fingerprint density at radius 1 is 1.41 bits per heavy atom. The lowest BCUT2D eigenvalue weighted by atomic mass is 9.86. The summed E-state index contributed by atoms with van der Waals surface area (Å²) in [6.07, 6.45) is 4.18. The van der Waals surface area contributed by atoms with Crippen LogP contribution < -0.4 is 5.32 Å². The van der Waals surface area contributed by atoms with Gasteiger partial charge in [0.1, 0.15) is 5.76 Å². The highest BCUT2D eigenvalue weighted by Crippen LogP contribution is 2.21. The molecule has 0 aliphatic carbocycles. The van der Waals surface area contributed by atoms with Gasteiger partial charge in [-0.1, -0.05) is 39.3 Å². The average Bonchev–Trinajstić information content (AvgIpc) is 2.99. The van der Waals surface area contributed by atoms with Gasteiger partial charge in [0.05, 0.1) is 0 Å². The van der Waals surface area contributed by atoms with Crippen LogP contribution in [-0.2, 0) is 6.42 Å². The van der Waals surface area contributed by atoms with E-state index in [0.29, 0.717) is 12.2 Å². The minimum Gasteiger partial charge on any atom is -0.361 e. The molecule has 0 fully saturated rings. The molecule has 0 spiro atoms. The number of hydrogen-bond donors (Lipinski definition) is 1. The highest BCUT2D eigenvalue weighted by Gasteiger charge is 2.25. The molecule has 0 aromatic carbocycles. The van der Waals surface area contributed by atoms with Crippen LogP contribution in [0.1, 0.15) is 63.2 Å². The number of rotatable bonds is 10.